The van der Waals surface area contributed by atoms with Crippen LogP contribution in [-0.2, 0) is 0 Å². The fourth-order valence-corrected chi connectivity index (χ4v) is 1.19. The van der Waals surface area contributed by atoms with Gasteiger partial charge in [-0.2, -0.15) is 15.0 Å². The van der Waals surface area contributed by atoms with Crippen LogP contribution in [0.3, 0.4) is 0 Å². The highest BCUT2D eigenvalue weighted by Crippen LogP contribution is 2.11. The molecule has 0 N–H and O–H groups in total. The first-order valence-electron chi connectivity index (χ1n) is 3.86. The second-order valence-electron chi connectivity index (χ2n) is 2.29. The first kappa shape index (κ1) is 11.4. The topological polar surface area (TPSA) is 30.7 Å². The summed E-state index contributed by atoms with van der Waals surface area (Å²) in [6.07, 6.45) is 3.31. The van der Waals surface area contributed by atoms with Gasteiger partial charge in [0.15, 0.2) is 0 Å². The average molecular weight is 319 g/mol. The highest BCUT2D eigenvalue weighted by molar-refractivity contribution is 9.10. The molecule has 0 aliphatic carbocycles. The molecule has 0 spiro atoms. The second-order valence-corrected chi connectivity index (χ2v) is 3.21. The van der Waals surface area contributed by atoms with Crippen molar-refractivity contribution in [3.8, 4) is 5.69 Å². The molecule has 3 nitrogen and oxygen atoms in total. The number of rotatable bonds is 1. The van der Waals surface area contributed by atoms with Gasteiger partial charge in [-0.1, -0.05) is 31.9 Å². The maximum absolute atomic E-state index is 4.01. The third-order valence-corrected chi connectivity index (χ3v) is 2.00. The van der Waals surface area contributed by atoms with Gasteiger partial charge in [-0.05, 0) is 30.1 Å². The number of alkyl halides is 1. The third-order valence-electron chi connectivity index (χ3n) is 1.48. The molecule has 0 radical (unpaired) electrons. The molecule has 0 saturated carbocycles. The molecule has 14 heavy (non-hydrogen) atoms. The molecule has 0 aliphatic rings. The van der Waals surface area contributed by atoms with Gasteiger partial charge in [-0.3, -0.25) is 0 Å². The highest BCUT2D eigenvalue weighted by atomic mass is 79.9. The van der Waals surface area contributed by atoms with Gasteiger partial charge in [0.05, 0.1) is 18.1 Å². The van der Waals surface area contributed by atoms with E-state index in [9.17, 15) is 0 Å². The zero-order chi connectivity index (χ0) is 10.4. The fraction of sp³-hybridized carbons (Fsp3) is 0.111. The molecular weight excluding hydrogens is 310 g/mol. The molecule has 2 aromatic rings. The minimum absolute atomic E-state index is 0.961. The van der Waals surface area contributed by atoms with Gasteiger partial charge in [0.1, 0.15) is 0 Å². The molecule has 0 fully saturated rings. The van der Waals surface area contributed by atoms with Crippen molar-refractivity contribution in [2.24, 2.45) is 0 Å². The Bertz CT molecular complexity index is 356. The molecule has 1 aromatic carbocycles. The molecule has 0 atom stereocenters. The van der Waals surface area contributed by atoms with Gasteiger partial charge >= 0.3 is 0 Å². The van der Waals surface area contributed by atoms with E-state index in [0.29, 0.717) is 0 Å². The van der Waals surface area contributed by atoms with Crippen LogP contribution in [0.5, 0.6) is 0 Å². The lowest BCUT2D eigenvalue weighted by Gasteiger charge is -1.97. The third kappa shape index (κ3) is 2.92. The van der Waals surface area contributed by atoms with Gasteiger partial charge in [-0.15, -0.1) is 0 Å². The minimum atomic E-state index is 0.961. The summed E-state index contributed by atoms with van der Waals surface area (Å²) in [6, 6.07) is 7.81. The van der Waals surface area contributed by atoms with Crippen LogP contribution in [0.2, 0.25) is 0 Å². The summed E-state index contributed by atoms with van der Waals surface area (Å²) in [7, 11) is 0. The Morgan fingerprint density at radius 3 is 2.00 bits per heavy atom. The van der Waals surface area contributed by atoms with Crippen LogP contribution < -0.4 is 0 Å². The van der Waals surface area contributed by atoms with Crippen LogP contribution in [0.1, 0.15) is 0 Å². The molecule has 74 valence electrons. The Balaban J connectivity index is 0.000000461. The summed E-state index contributed by atoms with van der Waals surface area (Å²) in [5.74, 6) is 1.81. The Hall–Kier alpha value is -0.680. The Labute approximate surface area is 99.4 Å². The normalized spacial score (nSPS) is 9.07. The van der Waals surface area contributed by atoms with Crippen molar-refractivity contribution in [2.45, 2.75) is 0 Å². The molecular formula is C9H9Br2N3. The zero-order valence-electron chi connectivity index (χ0n) is 7.56. The smallest absolute Gasteiger partial charge is 0.0857 e. The van der Waals surface area contributed by atoms with Crippen molar-refractivity contribution in [1.82, 2.24) is 15.0 Å². The van der Waals surface area contributed by atoms with E-state index in [1.807, 2.05) is 30.1 Å². The lowest BCUT2D eigenvalue weighted by molar-refractivity contribution is 0.752. The van der Waals surface area contributed by atoms with Gasteiger partial charge in [0.25, 0.3) is 0 Å². The van der Waals surface area contributed by atoms with Crippen LogP contribution in [-0.4, -0.2) is 20.8 Å². The molecule has 5 heteroatoms. The van der Waals surface area contributed by atoms with Crippen molar-refractivity contribution in [3.63, 3.8) is 0 Å². The van der Waals surface area contributed by atoms with E-state index in [-0.39, 0.29) is 0 Å². The van der Waals surface area contributed by atoms with E-state index >= 15 is 0 Å². The first-order chi connectivity index (χ1) is 6.86. The molecule has 0 unspecified atom stereocenters. The monoisotopic (exact) mass is 317 g/mol. The summed E-state index contributed by atoms with van der Waals surface area (Å²) in [4.78, 5) is 1.58. The summed E-state index contributed by atoms with van der Waals surface area (Å²) in [5.41, 5.74) is 0.961. The summed E-state index contributed by atoms with van der Waals surface area (Å²) >= 11 is 6.30. The SMILES string of the molecule is Brc1ccc(-n2nccn2)cc1.CBr. The van der Waals surface area contributed by atoms with Gasteiger partial charge in [0.2, 0.25) is 0 Å². The number of aromatic nitrogens is 3. The molecule has 2 rings (SSSR count). The van der Waals surface area contributed by atoms with E-state index < -0.39 is 0 Å². The van der Waals surface area contributed by atoms with Gasteiger partial charge < -0.3 is 0 Å². The van der Waals surface area contributed by atoms with Crippen LogP contribution >= 0.6 is 31.9 Å². The molecule has 0 amide bonds. The van der Waals surface area contributed by atoms with Crippen molar-refractivity contribution in [1.29, 1.82) is 0 Å². The predicted octanol–water partition coefficient (Wildman–Crippen LogP) is 3.04. The van der Waals surface area contributed by atoms with Crippen LogP contribution in [0.4, 0.5) is 0 Å². The summed E-state index contributed by atoms with van der Waals surface area (Å²) < 4.78 is 1.05. The quantitative estimate of drug-likeness (QED) is 0.757. The van der Waals surface area contributed by atoms with E-state index in [0.717, 1.165) is 10.2 Å². The van der Waals surface area contributed by atoms with Crippen molar-refractivity contribution < 1.29 is 0 Å². The molecule has 1 aromatic heterocycles. The lowest BCUT2D eigenvalue weighted by atomic mass is 10.3. The summed E-state index contributed by atoms with van der Waals surface area (Å²) in [5, 5.41) is 8.01. The lowest BCUT2D eigenvalue weighted by Crippen LogP contribution is -1.97. The second kappa shape index (κ2) is 5.93. The Kier molecular flexibility index (Phi) is 4.82. The Morgan fingerprint density at radius 1 is 1.00 bits per heavy atom. The minimum Gasteiger partial charge on any atom is -0.157 e. The van der Waals surface area contributed by atoms with E-state index in [4.69, 9.17) is 0 Å². The molecule has 0 saturated heterocycles. The Morgan fingerprint density at radius 2 is 1.50 bits per heavy atom. The van der Waals surface area contributed by atoms with E-state index in [2.05, 4.69) is 42.1 Å². The standard InChI is InChI=1S/C8H6BrN3.CH3Br/c9-7-1-3-8(4-2-7)12-10-5-6-11-12;1-2/h1-6H;1H3. The van der Waals surface area contributed by atoms with Crippen LogP contribution in [0.15, 0.2) is 41.1 Å². The largest absolute Gasteiger partial charge is 0.157 e. The average Bonchev–Trinajstić information content (AvgIpc) is 2.75. The van der Waals surface area contributed by atoms with E-state index in [1.165, 1.54) is 0 Å². The molecule has 0 aliphatic heterocycles. The number of halogens is 2. The first-order valence-corrected chi connectivity index (χ1v) is 6.24. The fourth-order valence-electron chi connectivity index (χ4n) is 0.923. The number of nitrogens with zero attached hydrogens (tertiary/aromatic N) is 3. The maximum Gasteiger partial charge on any atom is 0.0857 e. The zero-order valence-corrected chi connectivity index (χ0v) is 10.7. The van der Waals surface area contributed by atoms with Crippen LogP contribution in [0, 0.1) is 0 Å². The van der Waals surface area contributed by atoms with Crippen LogP contribution in [0.25, 0.3) is 5.69 Å². The van der Waals surface area contributed by atoms with E-state index in [1.54, 1.807) is 17.2 Å². The molecule has 0 bridgehead atoms. The van der Waals surface area contributed by atoms with Crippen molar-refractivity contribution >= 4 is 31.9 Å². The highest BCUT2D eigenvalue weighted by Gasteiger charge is 1.94. The van der Waals surface area contributed by atoms with Crippen molar-refractivity contribution in [2.75, 3.05) is 5.83 Å². The number of hydrogen-bond donors (Lipinski definition) is 0. The maximum atomic E-state index is 4.01. The summed E-state index contributed by atoms with van der Waals surface area (Å²) in [6.45, 7) is 0. The number of hydrogen-bond acceptors (Lipinski definition) is 2. The molecule has 1 heterocycles. The van der Waals surface area contributed by atoms with Crippen molar-refractivity contribution in [3.05, 3.63) is 41.1 Å². The number of benzene rings is 1. The van der Waals surface area contributed by atoms with Gasteiger partial charge in [-0.25, -0.2) is 0 Å². The predicted molar refractivity (Wildman–Crippen MR) is 63.9 cm³/mol. The van der Waals surface area contributed by atoms with Gasteiger partial charge in [0, 0.05) is 4.47 Å².